The van der Waals surface area contributed by atoms with E-state index in [2.05, 4.69) is 5.32 Å². The van der Waals surface area contributed by atoms with Crippen molar-refractivity contribution in [3.63, 3.8) is 0 Å². The van der Waals surface area contributed by atoms with Crippen molar-refractivity contribution in [1.82, 2.24) is 0 Å². The Balaban J connectivity index is 2.18. The van der Waals surface area contributed by atoms with E-state index in [9.17, 15) is 0 Å². The molecule has 0 unspecified atom stereocenters. The average Bonchev–Trinajstić information content (AvgIpc) is 2.25. The largest absolute Gasteiger partial charge is 0.398 e. The van der Waals surface area contributed by atoms with Gasteiger partial charge in [-0.2, -0.15) is 0 Å². The van der Waals surface area contributed by atoms with E-state index >= 15 is 0 Å². The number of nitrogens with one attached hydrogen (secondary N) is 2. The van der Waals surface area contributed by atoms with E-state index in [1.807, 2.05) is 18.2 Å². The van der Waals surface area contributed by atoms with Crippen LogP contribution < -0.4 is 16.8 Å². The van der Waals surface area contributed by atoms with Crippen molar-refractivity contribution < 1.29 is 0 Å². The summed E-state index contributed by atoms with van der Waals surface area (Å²) in [7, 11) is 0. The van der Waals surface area contributed by atoms with Crippen molar-refractivity contribution in [1.29, 1.82) is 5.41 Å². The number of anilines is 2. The lowest BCUT2D eigenvalue weighted by Crippen LogP contribution is -2.51. The molecule has 4 nitrogen and oxygen atoms in total. The van der Waals surface area contributed by atoms with Gasteiger partial charge in [0.1, 0.15) is 0 Å². The van der Waals surface area contributed by atoms with Crippen LogP contribution >= 0.6 is 0 Å². The van der Waals surface area contributed by atoms with Crippen molar-refractivity contribution in [3.05, 3.63) is 23.8 Å². The van der Waals surface area contributed by atoms with Gasteiger partial charge in [-0.3, -0.25) is 0 Å². The highest BCUT2D eigenvalue weighted by molar-refractivity contribution is 5.86. The quantitative estimate of drug-likeness (QED) is 0.457. The van der Waals surface area contributed by atoms with Gasteiger partial charge in [-0.1, -0.05) is 0 Å². The zero-order chi connectivity index (χ0) is 11.6. The summed E-state index contributed by atoms with van der Waals surface area (Å²) in [5, 5.41) is 10.7. The van der Waals surface area contributed by atoms with E-state index in [1.54, 1.807) is 0 Å². The van der Waals surface area contributed by atoms with Crippen LogP contribution in [-0.2, 0) is 0 Å². The number of nitrogen functional groups attached to an aromatic ring is 1. The Morgan fingerprint density at radius 1 is 1.44 bits per heavy atom. The third kappa shape index (κ3) is 1.88. The molecule has 0 saturated heterocycles. The van der Waals surface area contributed by atoms with Crippen LogP contribution in [0.15, 0.2) is 18.2 Å². The molecule has 6 N–H and O–H groups in total. The third-order valence-electron chi connectivity index (χ3n) is 3.35. The van der Waals surface area contributed by atoms with Crippen LogP contribution in [0, 0.1) is 5.41 Å². The van der Waals surface area contributed by atoms with Crippen LogP contribution in [-0.4, -0.2) is 18.3 Å². The Bertz CT molecular complexity index is 390. The highest BCUT2D eigenvalue weighted by Crippen LogP contribution is 2.34. The predicted octanol–water partition coefficient (Wildman–Crippen LogP) is 1.56. The molecule has 1 aromatic rings. The minimum absolute atomic E-state index is 0.0649. The van der Waals surface area contributed by atoms with Gasteiger partial charge >= 0.3 is 0 Å². The molecule has 1 aliphatic rings. The first-order valence-electron chi connectivity index (χ1n) is 5.57. The van der Waals surface area contributed by atoms with Crippen molar-refractivity contribution in [2.45, 2.75) is 24.8 Å². The van der Waals surface area contributed by atoms with Crippen LogP contribution in [0.4, 0.5) is 11.4 Å². The number of benzene rings is 1. The summed E-state index contributed by atoms with van der Waals surface area (Å²) in [6.45, 7) is 0.650. The van der Waals surface area contributed by atoms with Crippen molar-refractivity contribution in [2.75, 3.05) is 17.6 Å². The molecule has 0 bridgehead atoms. The standard InChI is InChI=1S/C12H18N4/c13-7-9-6-10(2-3-11(9)15)16-12(8-14)4-1-5-12/h2-3,6-7,13,16H,1,4-5,8,14-15H2. The Labute approximate surface area is 95.5 Å². The van der Waals surface area contributed by atoms with Crippen LogP contribution in [0.25, 0.3) is 0 Å². The van der Waals surface area contributed by atoms with Gasteiger partial charge in [-0.25, -0.2) is 0 Å². The fraction of sp³-hybridized carbons (Fsp3) is 0.417. The molecule has 4 heteroatoms. The molecule has 1 saturated carbocycles. The molecule has 0 aromatic heterocycles. The maximum Gasteiger partial charge on any atom is 0.0495 e. The van der Waals surface area contributed by atoms with Crippen molar-refractivity contribution in [2.24, 2.45) is 5.73 Å². The molecule has 2 rings (SSSR count). The summed E-state index contributed by atoms with van der Waals surface area (Å²) in [5.41, 5.74) is 14.0. The van der Waals surface area contributed by atoms with Crippen molar-refractivity contribution >= 4 is 17.6 Å². The molecule has 0 atom stereocenters. The Morgan fingerprint density at radius 3 is 2.69 bits per heavy atom. The summed E-state index contributed by atoms with van der Waals surface area (Å²) in [6.07, 6.45) is 4.74. The van der Waals surface area contributed by atoms with E-state index in [4.69, 9.17) is 16.9 Å². The first-order valence-corrected chi connectivity index (χ1v) is 5.57. The summed E-state index contributed by atoms with van der Waals surface area (Å²) in [6, 6.07) is 5.67. The average molecular weight is 218 g/mol. The second-order valence-corrected chi connectivity index (χ2v) is 4.45. The van der Waals surface area contributed by atoms with E-state index in [1.165, 1.54) is 12.6 Å². The molecule has 1 fully saturated rings. The highest BCUT2D eigenvalue weighted by atomic mass is 15.0. The minimum atomic E-state index is 0.0649. The first-order chi connectivity index (χ1) is 7.69. The van der Waals surface area contributed by atoms with Gasteiger partial charge in [0.15, 0.2) is 0 Å². The SMILES string of the molecule is N=Cc1cc(NC2(CN)CCC2)ccc1N. The second kappa shape index (κ2) is 4.14. The summed E-state index contributed by atoms with van der Waals surface area (Å²) in [4.78, 5) is 0. The maximum absolute atomic E-state index is 7.26. The lowest BCUT2D eigenvalue weighted by Gasteiger charge is -2.42. The monoisotopic (exact) mass is 218 g/mol. The third-order valence-corrected chi connectivity index (χ3v) is 3.35. The van der Waals surface area contributed by atoms with Crippen LogP contribution in [0.5, 0.6) is 0 Å². The van der Waals surface area contributed by atoms with Crippen LogP contribution in [0.3, 0.4) is 0 Å². The molecular formula is C12H18N4. The summed E-state index contributed by atoms with van der Waals surface area (Å²) in [5.74, 6) is 0. The summed E-state index contributed by atoms with van der Waals surface area (Å²) >= 11 is 0. The van der Waals surface area contributed by atoms with E-state index in [0.29, 0.717) is 12.2 Å². The van der Waals surface area contributed by atoms with Gasteiger partial charge in [0.25, 0.3) is 0 Å². The smallest absolute Gasteiger partial charge is 0.0495 e. The molecule has 0 amide bonds. The lowest BCUT2D eigenvalue weighted by atomic mass is 9.76. The zero-order valence-corrected chi connectivity index (χ0v) is 9.29. The molecule has 0 aliphatic heterocycles. The summed E-state index contributed by atoms with van der Waals surface area (Å²) < 4.78 is 0. The molecule has 0 radical (unpaired) electrons. The Morgan fingerprint density at radius 2 is 2.19 bits per heavy atom. The fourth-order valence-electron chi connectivity index (χ4n) is 2.07. The van der Waals surface area contributed by atoms with Gasteiger partial charge in [0, 0.05) is 35.2 Å². The topological polar surface area (TPSA) is 87.9 Å². The molecule has 86 valence electrons. The maximum atomic E-state index is 7.26. The Hall–Kier alpha value is -1.55. The first kappa shape index (κ1) is 11.0. The van der Waals surface area contributed by atoms with Gasteiger partial charge < -0.3 is 22.2 Å². The van der Waals surface area contributed by atoms with Gasteiger partial charge in [-0.05, 0) is 37.5 Å². The van der Waals surface area contributed by atoms with Crippen molar-refractivity contribution in [3.8, 4) is 0 Å². The molecule has 1 aromatic carbocycles. The van der Waals surface area contributed by atoms with E-state index < -0.39 is 0 Å². The predicted molar refractivity (Wildman–Crippen MR) is 68.0 cm³/mol. The molecule has 0 heterocycles. The van der Waals surface area contributed by atoms with Crippen LogP contribution in [0.2, 0.25) is 0 Å². The number of nitrogens with two attached hydrogens (primary N) is 2. The lowest BCUT2D eigenvalue weighted by molar-refractivity contribution is 0.287. The second-order valence-electron chi connectivity index (χ2n) is 4.45. The highest BCUT2D eigenvalue weighted by Gasteiger charge is 2.35. The fourth-order valence-corrected chi connectivity index (χ4v) is 2.07. The Kier molecular flexibility index (Phi) is 2.83. The molecule has 16 heavy (non-hydrogen) atoms. The van der Waals surface area contributed by atoms with Gasteiger partial charge in [0.2, 0.25) is 0 Å². The van der Waals surface area contributed by atoms with Gasteiger partial charge in [-0.15, -0.1) is 0 Å². The minimum Gasteiger partial charge on any atom is -0.398 e. The molecule has 0 spiro atoms. The zero-order valence-electron chi connectivity index (χ0n) is 9.29. The van der Waals surface area contributed by atoms with Gasteiger partial charge in [0.05, 0.1) is 0 Å². The number of rotatable bonds is 4. The number of hydrogen-bond acceptors (Lipinski definition) is 4. The van der Waals surface area contributed by atoms with E-state index in [0.717, 1.165) is 24.1 Å². The molecule has 1 aliphatic carbocycles. The van der Waals surface area contributed by atoms with Crippen LogP contribution in [0.1, 0.15) is 24.8 Å². The normalized spacial score (nSPS) is 17.6. The number of hydrogen-bond donors (Lipinski definition) is 4. The molecular weight excluding hydrogens is 200 g/mol. The van der Waals surface area contributed by atoms with E-state index in [-0.39, 0.29) is 5.54 Å².